The molecule has 0 spiro atoms. The molecule has 4 rings (SSSR count). The Kier molecular flexibility index (Phi) is 12.1. The maximum absolute atomic E-state index is 13.1. The first-order chi connectivity index (χ1) is 20.5. The van der Waals surface area contributed by atoms with Crippen LogP contribution in [0.1, 0.15) is 36.5 Å². The zero-order valence-electron chi connectivity index (χ0n) is 24.4. The van der Waals surface area contributed by atoms with Gasteiger partial charge in [0.15, 0.2) is 0 Å². The lowest BCUT2D eigenvalue weighted by Crippen LogP contribution is -2.40. The summed E-state index contributed by atoms with van der Waals surface area (Å²) in [7, 11) is 0. The van der Waals surface area contributed by atoms with E-state index in [-0.39, 0.29) is 25.2 Å². The molecule has 0 radical (unpaired) electrons. The molecule has 3 atom stereocenters. The standard InChI is InChI=1S/C34H40N2O6/c1-26(12-11-19-35-20-32(37)40-23-28-14-5-3-6-15-28)21-36-22-30(25-39-31-18-10-9-13-27(31)2)42-33(36)34(38)41-24-29-16-7-4-8-17-29/h3-10,13-18,20,26,30,33H,11-12,19,21-25H2,1-2H3. The molecule has 1 heterocycles. The van der Waals surface area contributed by atoms with Gasteiger partial charge in [-0.25, -0.2) is 9.59 Å². The first-order valence-corrected chi connectivity index (χ1v) is 14.5. The first kappa shape index (κ1) is 30.9. The maximum atomic E-state index is 13.1. The molecule has 222 valence electrons. The largest absolute Gasteiger partial charge is 0.491 e. The van der Waals surface area contributed by atoms with Crippen molar-refractivity contribution in [3.05, 3.63) is 102 Å². The number of nitrogens with zero attached hydrogens (tertiary/aromatic N) is 2. The van der Waals surface area contributed by atoms with Gasteiger partial charge < -0.3 is 18.9 Å². The van der Waals surface area contributed by atoms with Gasteiger partial charge in [0.2, 0.25) is 6.23 Å². The molecule has 0 saturated carbocycles. The highest BCUT2D eigenvalue weighted by molar-refractivity contribution is 6.23. The van der Waals surface area contributed by atoms with Crippen LogP contribution < -0.4 is 4.74 Å². The van der Waals surface area contributed by atoms with Crippen molar-refractivity contribution in [1.29, 1.82) is 0 Å². The molecule has 0 amide bonds. The van der Waals surface area contributed by atoms with E-state index < -0.39 is 18.2 Å². The topological polar surface area (TPSA) is 86.7 Å². The van der Waals surface area contributed by atoms with Gasteiger partial charge in [0, 0.05) is 19.6 Å². The fraction of sp³-hybridized carbons (Fsp3) is 0.382. The number of para-hydroxylation sites is 1. The van der Waals surface area contributed by atoms with Crippen molar-refractivity contribution >= 4 is 18.2 Å². The smallest absolute Gasteiger partial charge is 0.351 e. The number of aryl methyl sites for hydroxylation is 1. The number of rotatable bonds is 15. The Balaban J connectivity index is 1.24. The Morgan fingerprint density at radius 3 is 2.29 bits per heavy atom. The summed E-state index contributed by atoms with van der Waals surface area (Å²) < 4.78 is 23.0. The molecular weight excluding hydrogens is 532 g/mol. The fourth-order valence-electron chi connectivity index (χ4n) is 4.76. The van der Waals surface area contributed by atoms with Gasteiger partial charge in [0.1, 0.15) is 37.9 Å². The average Bonchev–Trinajstić information content (AvgIpc) is 3.41. The molecule has 8 heteroatoms. The normalized spacial score (nSPS) is 17.7. The zero-order valence-corrected chi connectivity index (χ0v) is 24.4. The number of aliphatic imine (C=N–C) groups is 1. The van der Waals surface area contributed by atoms with Crippen LogP contribution in [0.5, 0.6) is 5.75 Å². The number of carbonyl (C=O) groups excluding carboxylic acids is 2. The third-order valence-corrected chi connectivity index (χ3v) is 6.99. The molecule has 8 nitrogen and oxygen atoms in total. The molecule has 0 bridgehead atoms. The van der Waals surface area contributed by atoms with Gasteiger partial charge in [-0.3, -0.25) is 9.89 Å². The quantitative estimate of drug-likeness (QED) is 0.137. The summed E-state index contributed by atoms with van der Waals surface area (Å²) >= 11 is 0. The lowest BCUT2D eigenvalue weighted by atomic mass is 10.0. The second-order valence-corrected chi connectivity index (χ2v) is 10.6. The van der Waals surface area contributed by atoms with Crippen molar-refractivity contribution in [2.24, 2.45) is 10.9 Å². The van der Waals surface area contributed by atoms with Crippen LogP contribution >= 0.6 is 0 Å². The van der Waals surface area contributed by atoms with Gasteiger partial charge in [-0.05, 0) is 48.4 Å². The van der Waals surface area contributed by atoms with Crippen LogP contribution in [0.3, 0.4) is 0 Å². The average molecular weight is 573 g/mol. The minimum atomic E-state index is -0.793. The molecule has 0 aliphatic carbocycles. The molecule has 1 aliphatic heterocycles. The molecule has 3 aromatic carbocycles. The molecule has 1 saturated heterocycles. The van der Waals surface area contributed by atoms with Gasteiger partial charge in [-0.2, -0.15) is 0 Å². The number of esters is 2. The minimum absolute atomic E-state index is 0.194. The molecule has 3 unspecified atom stereocenters. The van der Waals surface area contributed by atoms with Crippen molar-refractivity contribution in [1.82, 2.24) is 4.90 Å². The summed E-state index contributed by atoms with van der Waals surface area (Å²) in [5.41, 5.74) is 2.91. The van der Waals surface area contributed by atoms with Crippen LogP contribution in [0, 0.1) is 12.8 Å². The minimum Gasteiger partial charge on any atom is -0.491 e. The highest BCUT2D eigenvalue weighted by Crippen LogP contribution is 2.23. The van der Waals surface area contributed by atoms with E-state index in [1.54, 1.807) is 0 Å². The Bertz CT molecular complexity index is 1280. The van der Waals surface area contributed by atoms with Crippen molar-refractivity contribution in [3.8, 4) is 5.75 Å². The molecular formula is C34H40N2O6. The number of hydrogen-bond donors (Lipinski definition) is 0. The summed E-state index contributed by atoms with van der Waals surface area (Å²) in [6, 6.07) is 27.0. The molecule has 42 heavy (non-hydrogen) atoms. The van der Waals surface area contributed by atoms with Crippen molar-refractivity contribution in [3.63, 3.8) is 0 Å². The maximum Gasteiger partial charge on any atom is 0.351 e. The van der Waals surface area contributed by atoms with Crippen molar-refractivity contribution in [2.75, 3.05) is 26.2 Å². The number of ether oxygens (including phenoxy) is 4. The van der Waals surface area contributed by atoms with Crippen LogP contribution in [0.2, 0.25) is 0 Å². The van der Waals surface area contributed by atoms with E-state index in [0.29, 0.717) is 26.2 Å². The summed E-state index contributed by atoms with van der Waals surface area (Å²) in [5.74, 6) is 0.231. The highest BCUT2D eigenvalue weighted by Gasteiger charge is 2.39. The zero-order chi connectivity index (χ0) is 29.6. The monoisotopic (exact) mass is 572 g/mol. The van der Waals surface area contributed by atoms with E-state index in [1.165, 1.54) is 6.21 Å². The lowest BCUT2D eigenvalue weighted by Gasteiger charge is -2.24. The summed E-state index contributed by atoms with van der Waals surface area (Å²) in [6.45, 7) is 6.65. The molecule has 3 aromatic rings. The van der Waals surface area contributed by atoms with Gasteiger partial charge in [-0.15, -0.1) is 0 Å². The number of carbonyl (C=O) groups is 2. The van der Waals surface area contributed by atoms with Gasteiger partial charge >= 0.3 is 11.9 Å². The van der Waals surface area contributed by atoms with Crippen LogP contribution in [0.4, 0.5) is 0 Å². The van der Waals surface area contributed by atoms with Crippen LogP contribution in [0.25, 0.3) is 0 Å². The molecule has 1 fully saturated rings. The van der Waals surface area contributed by atoms with Crippen molar-refractivity contribution in [2.45, 2.75) is 52.2 Å². The second kappa shape index (κ2) is 16.4. The predicted molar refractivity (Wildman–Crippen MR) is 161 cm³/mol. The SMILES string of the molecule is Cc1ccccc1OCC1CN(CC(C)CCCN=CC(=O)OCc2ccccc2)C(C(=O)OCc2ccccc2)O1. The first-order valence-electron chi connectivity index (χ1n) is 14.5. The predicted octanol–water partition coefficient (Wildman–Crippen LogP) is 5.37. The van der Waals surface area contributed by atoms with E-state index in [0.717, 1.165) is 35.3 Å². The Hall–Kier alpha value is -4.01. The van der Waals surface area contributed by atoms with Gasteiger partial charge in [0.05, 0.1) is 0 Å². The third kappa shape index (κ3) is 10.1. The summed E-state index contributed by atoms with van der Waals surface area (Å²) in [5, 5.41) is 0. The molecule has 0 N–H and O–H groups in total. The Labute approximate surface area is 248 Å². The van der Waals surface area contributed by atoms with E-state index in [1.807, 2.05) is 96.8 Å². The third-order valence-electron chi connectivity index (χ3n) is 6.99. The highest BCUT2D eigenvalue weighted by atomic mass is 16.6. The van der Waals surface area contributed by atoms with E-state index in [9.17, 15) is 9.59 Å². The summed E-state index contributed by atoms with van der Waals surface area (Å²) in [4.78, 5) is 31.3. The van der Waals surface area contributed by atoms with E-state index in [2.05, 4.69) is 11.9 Å². The van der Waals surface area contributed by atoms with E-state index in [4.69, 9.17) is 18.9 Å². The number of hydrogen-bond acceptors (Lipinski definition) is 8. The second-order valence-electron chi connectivity index (χ2n) is 10.6. The molecule has 1 aliphatic rings. The van der Waals surface area contributed by atoms with Crippen LogP contribution in [0.15, 0.2) is 89.9 Å². The van der Waals surface area contributed by atoms with Gasteiger partial charge in [-0.1, -0.05) is 85.8 Å². The molecule has 0 aromatic heterocycles. The van der Waals surface area contributed by atoms with Crippen LogP contribution in [-0.4, -0.2) is 61.6 Å². The van der Waals surface area contributed by atoms with Crippen LogP contribution in [-0.2, 0) is 37.0 Å². The Morgan fingerprint density at radius 2 is 1.60 bits per heavy atom. The Morgan fingerprint density at radius 1 is 0.952 bits per heavy atom. The summed E-state index contributed by atoms with van der Waals surface area (Å²) in [6.07, 6.45) is 1.88. The van der Waals surface area contributed by atoms with Gasteiger partial charge in [0.25, 0.3) is 0 Å². The van der Waals surface area contributed by atoms with E-state index >= 15 is 0 Å². The number of benzene rings is 3. The lowest BCUT2D eigenvalue weighted by molar-refractivity contribution is -0.166. The fourth-order valence-corrected chi connectivity index (χ4v) is 4.76. The van der Waals surface area contributed by atoms with Crippen molar-refractivity contribution < 1.29 is 28.5 Å².